The first kappa shape index (κ1) is 19.8. The van der Waals surface area contributed by atoms with Crippen molar-refractivity contribution in [2.75, 3.05) is 5.43 Å². The van der Waals surface area contributed by atoms with Crippen molar-refractivity contribution in [2.45, 2.75) is 33.1 Å². The van der Waals surface area contributed by atoms with Crippen molar-refractivity contribution < 1.29 is 15.0 Å². The summed E-state index contributed by atoms with van der Waals surface area (Å²) in [6.45, 7) is 7.75. The fraction of sp³-hybridized carbons (Fsp3) is 0.278. The van der Waals surface area contributed by atoms with Gasteiger partial charge in [-0.05, 0) is 36.1 Å². The molecule has 2 aromatic carbocycles. The molecule has 0 aliphatic heterocycles. The third kappa shape index (κ3) is 4.57. The molecule has 0 saturated carbocycles. The predicted molar refractivity (Wildman–Crippen MR) is 102 cm³/mol. The minimum absolute atomic E-state index is 0.0106. The number of hydrazone groups is 1. The summed E-state index contributed by atoms with van der Waals surface area (Å²) in [5.41, 5.74) is 3.47. The lowest BCUT2D eigenvalue weighted by atomic mass is 9.85. The van der Waals surface area contributed by atoms with E-state index in [4.69, 9.17) is 0 Å². The van der Waals surface area contributed by atoms with E-state index < -0.39 is 15.5 Å². The van der Waals surface area contributed by atoms with Crippen molar-refractivity contribution in [2.24, 2.45) is 5.10 Å². The molecule has 0 saturated heterocycles. The van der Waals surface area contributed by atoms with Crippen LogP contribution in [0, 0.1) is 20.2 Å². The molecule has 0 atom stereocenters. The fourth-order valence-electron chi connectivity index (χ4n) is 2.38. The maximum atomic E-state index is 11.2. The first-order chi connectivity index (χ1) is 12.5. The Hall–Kier alpha value is -3.49. The number of hydrogen-bond acceptors (Lipinski definition) is 7. The zero-order valence-corrected chi connectivity index (χ0v) is 15.4. The van der Waals surface area contributed by atoms with Gasteiger partial charge in [0, 0.05) is 11.6 Å². The summed E-state index contributed by atoms with van der Waals surface area (Å²) in [5.74, 6) is 0.0317. The minimum atomic E-state index is -0.724. The lowest BCUT2D eigenvalue weighted by Gasteiger charge is -2.20. The molecule has 9 nitrogen and oxygen atoms in total. The second-order valence-corrected chi connectivity index (χ2v) is 7.01. The smallest absolute Gasteiger partial charge is 0.301 e. The monoisotopic (exact) mass is 372 g/mol. The molecular formula is C18H20N4O5. The Kier molecular flexibility index (Phi) is 5.44. The van der Waals surface area contributed by atoms with Crippen molar-refractivity contribution in [1.82, 2.24) is 0 Å². The molecule has 9 heteroatoms. The number of nitro benzene ring substituents is 2. The minimum Gasteiger partial charge on any atom is -0.507 e. The molecule has 2 N–H and O–H groups in total. The maximum Gasteiger partial charge on any atom is 0.301 e. The highest BCUT2D eigenvalue weighted by molar-refractivity contribution is 6.01. The van der Waals surface area contributed by atoms with Crippen LogP contribution in [0.1, 0.15) is 38.8 Å². The number of benzene rings is 2. The second-order valence-electron chi connectivity index (χ2n) is 7.01. The van der Waals surface area contributed by atoms with Gasteiger partial charge in [-0.2, -0.15) is 5.10 Å². The SMILES string of the molecule is CC(=NNc1ccc([N+](=O)[O-])cc1[N+](=O)[O-])c1cc(C(C)(C)C)ccc1O. The number of nitro groups is 2. The number of phenolic OH excluding ortho intramolecular Hbond substituents is 1. The van der Waals surface area contributed by atoms with Crippen molar-refractivity contribution in [3.05, 3.63) is 67.8 Å². The zero-order chi connectivity index (χ0) is 20.4. The van der Waals surface area contributed by atoms with E-state index in [1.807, 2.05) is 26.8 Å². The molecule has 0 fully saturated rings. The molecule has 27 heavy (non-hydrogen) atoms. The molecule has 2 rings (SSSR count). The molecule has 0 radical (unpaired) electrons. The van der Waals surface area contributed by atoms with Gasteiger partial charge < -0.3 is 5.11 Å². The zero-order valence-electron chi connectivity index (χ0n) is 15.4. The van der Waals surface area contributed by atoms with Gasteiger partial charge in [-0.15, -0.1) is 0 Å². The van der Waals surface area contributed by atoms with Crippen LogP contribution in [0.15, 0.2) is 41.5 Å². The Morgan fingerprint density at radius 3 is 2.30 bits per heavy atom. The summed E-state index contributed by atoms with van der Waals surface area (Å²) < 4.78 is 0. The van der Waals surface area contributed by atoms with Crippen LogP contribution in [-0.4, -0.2) is 20.7 Å². The predicted octanol–water partition coefficient (Wildman–Crippen LogP) is 4.34. The molecular weight excluding hydrogens is 352 g/mol. The summed E-state index contributed by atoms with van der Waals surface area (Å²) in [7, 11) is 0. The molecule has 0 aliphatic carbocycles. The number of aromatic hydroxyl groups is 1. The number of nitrogens with one attached hydrogen (secondary N) is 1. The first-order valence-corrected chi connectivity index (χ1v) is 8.07. The van der Waals surface area contributed by atoms with E-state index in [1.165, 1.54) is 6.07 Å². The number of non-ortho nitro benzene ring substituents is 1. The van der Waals surface area contributed by atoms with Crippen LogP contribution in [0.2, 0.25) is 0 Å². The third-order valence-electron chi connectivity index (χ3n) is 3.99. The van der Waals surface area contributed by atoms with E-state index in [-0.39, 0.29) is 22.5 Å². The lowest BCUT2D eigenvalue weighted by Crippen LogP contribution is -2.12. The van der Waals surface area contributed by atoms with Gasteiger partial charge >= 0.3 is 5.69 Å². The Morgan fingerprint density at radius 2 is 1.74 bits per heavy atom. The molecule has 0 spiro atoms. The maximum absolute atomic E-state index is 11.2. The summed E-state index contributed by atoms with van der Waals surface area (Å²) >= 11 is 0. The Balaban J connectivity index is 2.38. The molecule has 0 heterocycles. The quantitative estimate of drug-likeness (QED) is 0.456. The first-order valence-electron chi connectivity index (χ1n) is 8.07. The summed E-state index contributed by atoms with van der Waals surface area (Å²) in [5, 5.41) is 36.2. The van der Waals surface area contributed by atoms with E-state index >= 15 is 0 Å². The van der Waals surface area contributed by atoms with Crippen molar-refractivity contribution in [3.8, 4) is 5.75 Å². The lowest BCUT2D eigenvalue weighted by molar-refractivity contribution is -0.393. The Bertz CT molecular complexity index is 932. The summed E-state index contributed by atoms with van der Waals surface area (Å²) in [4.78, 5) is 20.5. The van der Waals surface area contributed by atoms with Gasteiger partial charge in [0.15, 0.2) is 0 Å². The molecule has 0 bridgehead atoms. The number of hydrogen-bond donors (Lipinski definition) is 2. The summed E-state index contributed by atoms with van der Waals surface area (Å²) in [6.07, 6.45) is 0. The molecule has 0 aliphatic rings. The van der Waals surface area contributed by atoms with E-state index in [2.05, 4.69) is 10.5 Å². The summed E-state index contributed by atoms with van der Waals surface area (Å²) in [6, 6.07) is 8.44. The van der Waals surface area contributed by atoms with Gasteiger partial charge in [0.05, 0.1) is 21.6 Å². The second kappa shape index (κ2) is 7.40. The van der Waals surface area contributed by atoms with E-state index in [9.17, 15) is 25.3 Å². The number of nitrogens with zero attached hydrogens (tertiary/aromatic N) is 3. The van der Waals surface area contributed by atoms with Gasteiger partial charge in [-0.3, -0.25) is 25.7 Å². The van der Waals surface area contributed by atoms with Crippen molar-refractivity contribution in [3.63, 3.8) is 0 Å². The van der Waals surface area contributed by atoms with Crippen LogP contribution in [0.4, 0.5) is 17.1 Å². The highest BCUT2D eigenvalue weighted by Crippen LogP contribution is 2.30. The standard InChI is InChI=1S/C18H20N4O5/c1-11(14-9-12(18(2,3)4)5-8-17(14)23)19-20-15-7-6-13(21(24)25)10-16(15)22(26)27/h5-10,20,23H,1-4H3. The van der Waals surface area contributed by atoms with Crippen LogP contribution in [0.5, 0.6) is 5.75 Å². The molecule has 0 unspecified atom stereocenters. The van der Waals surface area contributed by atoms with E-state index in [0.29, 0.717) is 11.3 Å². The highest BCUT2D eigenvalue weighted by atomic mass is 16.6. The normalized spacial score (nSPS) is 11.9. The average Bonchev–Trinajstić information content (AvgIpc) is 2.58. The third-order valence-corrected chi connectivity index (χ3v) is 3.99. The van der Waals surface area contributed by atoms with Crippen LogP contribution in [0.3, 0.4) is 0 Å². The van der Waals surface area contributed by atoms with Gasteiger partial charge in [0.2, 0.25) is 0 Å². The van der Waals surface area contributed by atoms with Gasteiger partial charge in [-0.25, -0.2) is 0 Å². The van der Waals surface area contributed by atoms with Crippen LogP contribution in [-0.2, 0) is 5.41 Å². The Morgan fingerprint density at radius 1 is 1.07 bits per heavy atom. The van der Waals surface area contributed by atoms with Gasteiger partial charge in [0.25, 0.3) is 5.69 Å². The largest absolute Gasteiger partial charge is 0.507 e. The van der Waals surface area contributed by atoms with Crippen LogP contribution >= 0.6 is 0 Å². The number of phenols is 1. The number of rotatable bonds is 5. The molecule has 0 amide bonds. The van der Waals surface area contributed by atoms with Crippen molar-refractivity contribution >= 4 is 22.8 Å². The average molecular weight is 372 g/mol. The van der Waals surface area contributed by atoms with Gasteiger partial charge in [-0.1, -0.05) is 26.8 Å². The number of anilines is 1. The van der Waals surface area contributed by atoms with Gasteiger partial charge in [0.1, 0.15) is 11.4 Å². The van der Waals surface area contributed by atoms with Crippen LogP contribution in [0.25, 0.3) is 0 Å². The van der Waals surface area contributed by atoms with Crippen LogP contribution < -0.4 is 5.43 Å². The van der Waals surface area contributed by atoms with Crippen molar-refractivity contribution in [1.29, 1.82) is 0 Å². The Labute approximate surface area is 155 Å². The molecule has 0 aromatic heterocycles. The molecule has 2 aromatic rings. The topological polar surface area (TPSA) is 131 Å². The fourth-order valence-corrected chi connectivity index (χ4v) is 2.38. The molecule has 142 valence electrons. The van der Waals surface area contributed by atoms with E-state index in [1.54, 1.807) is 19.1 Å². The highest BCUT2D eigenvalue weighted by Gasteiger charge is 2.20. The van der Waals surface area contributed by atoms with E-state index in [0.717, 1.165) is 17.7 Å².